The lowest BCUT2D eigenvalue weighted by molar-refractivity contribution is 0.271. The van der Waals surface area contributed by atoms with Crippen molar-refractivity contribution in [2.24, 2.45) is 10.9 Å². The molecule has 5 heteroatoms. The molecule has 0 heterocycles. The van der Waals surface area contributed by atoms with Crippen LogP contribution in [0.3, 0.4) is 0 Å². The van der Waals surface area contributed by atoms with E-state index in [0.29, 0.717) is 12.5 Å². The summed E-state index contributed by atoms with van der Waals surface area (Å²) < 4.78 is 5.65. The molecule has 1 aromatic rings. The molecule has 21 heavy (non-hydrogen) atoms. The molecule has 0 atom stereocenters. The molecule has 4 nitrogen and oxygen atoms in total. The van der Waals surface area contributed by atoms with Crippen LogP contribution >= 0.6 is 24.0 Å². The number of nitrogens with zero attached hydrogens (tertiary/aromatic N) is 1. The molecule has 0 amide bonds. The van der Waals surface area contributed by atoms with Gasteiger partial charge in [0.15, 0.2) is 5.96 Å². The first kappa shape index (κ1) is 19.8. The van der Waals surface area contributed by atoms with Crippen molar-refractivity contribution >= 4 is 29.9 Å². The number of ether oxygens (including phenoxy) is 1. The Kier molecular flexibility index (Phi) is 10.7. The SMILES string of the molecule is C=CCNC(=NC)NCc1ccc(OCC(C)C)cc1.I. The normalized spacial score (nSPS) is 10.8. The Morgan fingerprint density at radius 1 is 1.29 bits per heavy atom. The van der Waals surface area contributed by atoms with Crippen molar-refractivity contribution in [3.05, 3.63) is 42.5 Å². The first-order chi connectivity index (χ1) is 9.65. The van der Waals surface area contributed by atoms with Gasteiger partial charge < -0.3 is 15.4 Å². The van der Waals surface area contributed by atoms with Gasteiger partial charge in [0.1, 0.15) is 5.75 Å². The van der Waals surface area contributed by atoms with E-state index in [0.717, 1.165) is 24.9 Å². The zero-order valence-corrected chi connectivity index (χ0v) is 15.4. The van der Waals surface area contributed by atoms with Gasteiger partial charge in [-0.15, -0.1) is 30.6 Å². The van der Waals surface area contributed by atoms with Crippen LogP contribution in [0.2, 0.25) is 0 Å². The number of guanidine groups is 1. The second-order valence-electron chi connectivity index (χ2n) is 4.94. The Morgan fingerprint density at radius 2 is 1.95 bits per heavy atom. The van der Waals surface area contributed by atoms with Crippen molar-refractivity contribution in [2.45, 2.75) is 20.4 Å². The summed E-state index contributed by atoms with van der Waals surface area (Å²) in [5, 5.41) is 6.37. The van der Waals surface area contributed by atoms with Crippen LogP contribution in [0.25, 0.3) is 0 Å². The third-order valence-corrected chi connectivity index (χ3v) is 2.60. The van der Waals surface area contributed by atoms with Crippen molar-refractivity contribution < 1.29 is 4.74 Å². The Balaban J connectivity index is 0.00000400. The lowest BCUT2D eigenvalue weighted by Crippen LogP contribution is -2.36. The molecule has 0 aliphatic rings. The van der Waals surface area contributed by atoms with E-state index in [1.807, 2.05) is 12.1 Å². The van der Waals surface area contributed by atoms with Gasteiger partial charge in [0.25, 0.3) is 0 Å². The monoisotopic (exact) mass is 403 g/mol. The molecule has 0 saturated carbocycles. The molecule has 2 N–H and O–H groups in total. The number of rotatable bonds is 7. The van der Waals surface area contributed by atoms with Gasteiger partial charge in [-0.1, -0.05) is 32.1 Å². The van der Waals surface area contributed by atoms with E-state index in [1.54, 1.807) is 13.1 Å². The minimum absolute atomic E-state index is 0. The third-order valence-electron chi connectivity index (χ3n) is 2.60. The van der Waals surface area contributed by atoms with E-state index in [1.165, 1.54) is 5.56 Å². The predicted octanol–water partition coefficient (Wildman–Crippen LogP) is 3.19. The summed E-state index contributed by atoms with van der Waals surface area (Å²) in [6.45, 7) is 10.1. The number of hydrogen-bond donors (Lipinski definition) is 2. The predicted molar refractivity (Wildman–Crippen MR) is 101 cm³/mol. The van der Waals surface area contributed by atoms with E-state index < -0.39 is 0 Å². The summed E-state index contributed by atoms with van der Waals surface area (Å²) in [5.41, 5.74) is 1.18. The van der Waals surface area contributed by atoms with Crippen molar-refractivity contribution in [3.8, 4) is 5.75 Å². The number of hydrogen-bond acceptors (Lipinski definition) is 2. The van der Waals surface area contributed by atoms with Crippen molar-refractivity contribution in [1.29, 1.82) is 0 Å². The topological polar surface area (TPSA) is 45.7 Å². The van der Waals surface area contributed by atoms with Crippen LogP contribution in [-0.4, -0.2) is 26.2 Å². The van der Waals surface area contributed by atoms with Crippen molar-refractivity contribution in [2.75, 3.05) is 20.2 Å². The Hall–Kier alpha value is -1.24. The van der Waals surface area contributed by atoms with Gasteiger partial charge in [0, 0.05) is 20.1 Å². The molecular weight excluding hydrogens is 377 g/mol. The maximum Gasteiger partial charge on any atom is 0.191 e. The number of nitrogens with one attached hydrogen (secondary N) is 2. The summed E-state index contributed by atoms with van der Waals surface area (Å²) >= 11 is 0. The first-order valence-corrected chi connectivity index (χ1v) is 6.93. The van der Waals surface area contributed by atoms with Gasteiger partial charge in [-0.3, -0.25) is 4.99 Å². The van der Waals surface area contributed by atoms with Gasteiger partial charge in [-0.2, -0.15) is 0 Å². The summed E-state index contributed by atoms with van der Waals surface area (Å²) in [7, 11) is 1.75. The average Bonchev–Trinajstić information content (AvgIpc) is 2.46. The first-order valence-electron chi connectivity index (χ1n) is 6.93. The third kappa shape index (κ3) is 8.60. The fourth-order valence-corrected chi connectivity index (χ4v) is 1.54. The molecule has 0 spiro atoms. The van der Waals surface area contributed by atoms with Gasteiger partial charge >= 0.3 is 0 Å². The average molecular weight is 403 g/mol. The molecule has 0 unspecified atom stereocenters. The summed E-state index contributed by atoms with van der Waals surface area (Å²) in [4.78, 5) is 4.13. The number of aliphatic imine (C=N–C) groups is 1. The molecule has 0 aliphatic heterocycles. The largest absolute Gasteiger partial charge is 0.493 e. The highest BCUT2D eigenvalue weighted by Gasteiger charge is 1.99. The molecule has 0 bridgehead atoms. The van der Waals surface area contributed by atoms with Gasteiger partial charge in [-0.05, 0) is 23.6 Å². The minimum Gasteiger partial charge on any atom is -0.493 e. The summed E-state index contributed by atoms with van der Waals surface area (Å²) in [5.74, 6) is 2.22. The summed E-state index contributed by atoms with van der Waals surface area (Å²) in [6, 6.07) is 8.12. The van der Waals surface area contributed by atoms with E-state index in [-0.39, 0.29) is 24.0 Å². The molecule has 0 fully saturated rings. The van der Waals surface area contributed by atoms with Crippen LogP contribution in [0.4, 0.5) is 0 Å². The standard InChI is InChI=1S/C16H25N3O.HI/c1-5-10-18-16(17-4)19-11-14-6-8-15(9-7-14)20-12-13(2)3;/h5-9,13H,1,10-12H2,2-4H3,(H2,17,18,19);1H. The molecule has 0 aromatic heterocycles. The molecule has 1 rings (SSSR count). The Morgan fingerprint density at radius 3 is 2.48 bits per heavy atom. The van der Waals surface area contributed by atoms with Gasteiger partial charge in [0.2, 0.25) is 0 Å². The van der Waals surface area contributed by atoms with E-state index in [2.05, 4.69) is 48.2 Å². The molecule has 118 valence electrons. The van der Waals surface area contributed by atoms with Crippen LogP contribution in [0.15, 0.2) is 41.9 Å². The Bertz CT molecular complexity index is 430. The van der Waals surface area contributed by atoms with Crippen LogP contribution in [-0.2, 0) is 6.54 Å². The van der Waals surface area contributed by atoms with Crippen molar-refractivity contribution in [1.82, 2.24) is 10.6 Å². The minimum atomic E-state index is 0. The van der Waals surface area contributed by atoms with Crippen LogP contribution < -0.4 is 15.4 Å². The van der Waals surface area contributed by atoms with Crippen LogP contribution in [0.5, 0.6) is 5.75 Å². The maximum atomic E-state index is 5.65. The quantitative estimate of drug-likeness (QED) is 0.318. The highest BCUT2D eigenvalue weighted by atomic mass is 127. The zero-order chi connectivity index (χ0) is 14.8. The number of halogens is 1. The fourth-order valence-electron chi connectivity index (χ4n) is 1.54. The van der Waals surface area contributed by atoms with E-state index in [4.69, 9.17) is 4.74 Å². The zero-order valence-electron chi connectivity index (χ0n) is 13.1. The molecule has 0 saturated heterocycles. The second-order valence-corrected chi connectivity index (χ2v) is 4.94. The second kappa shape index (κ2) is 11.4. The molecular formula is C16H26IN3O. The molecule has 0 aliphatic carbocycles. The number of benzene rings is 1. The molecule has 0 radical (unpaired) electrons. The van der Waals surface area contributed by atoms with Crippen LogP contribution in [0.1, 0.15) is 19.4 Å². The smallest absolute Gasteiger partial charge is 0.191 e. The van der Waals surface area contributed by atoms with Gasteiger partial charge in [-0.25, -0.2) is 0 Å². The van der Waals surface area contributed by atoms with Crippen molar-refractivity contribution in [3.63, 3.8) is 0 Å². The lowest BCUT2D eigenvalue weighted by atomic mass is 10.2. The molecule has 1 aromatic carbocycles. The summed E-state index contributed by atoms with van der Waals surface area (Å²) in [6.07, 6.45) is 1.80. The van der Waals surface area contributed by atoms with E-state index >= 15 is 0 Å². The highest BCUT2D eigenvalue weighted by Crippen LogP contribution is 2.13. The highest BCUT2D eigenvalue weighted by molar-refractivity contribution is 14.0. The van der Waals surface area contributed by atoms with E-state index in [9.17, 15) is 0 Å². The Labute approximate surface area is 145 Å². The fraction of sp³-hybridized carbons (Fsp3) is 0.438. The van der Waals surface area contributed by atoms with Crippen LogP contribution in [0, 0.1) is 5.92 Å². The lowest BCUT2D eigenvalue weighted by Gasteiger charge is -2.11. The van der Waals surface area contributed by atoms with Gasteiger partial charge in [0.05, 0.1) is 6.61 Å². The maximum absolute atomic E-state index is 5.65.